The third kappa shape index (κ3) is 4.97. The summed E-state index contributed by atoms with van der Waals surface area (Å²) in [6.45, 7) is 8.16. The Morgan fingerprint density at radius 2 is 1.71 bits per heavy atom. The number of piperidine rings is 1. The van der Waals surface area contributed by atoms with Gasteiger partial charge >= 0.3 is 0 Å². The Labute approximate surface area is 171 Å². The molecule has 2 fully saturated rings. The molecular weight excluding hydrogens is 380 g/mol. The highest BCUT2D eigenvalue weighted by Crippen LogP contribution is 2.26. The Bertz CT molecular complexity index is 695. The molecule has 7 heteroatoms. The molecule has 0 aliphatic carbocycles. The second-order valence-electron chi connectivity index (χ2n) is 7.79. The molecule has 1 aromatic rings. The summed E-state index contributed by atoms with van der Waals surface area (Å²) in [7, 11) is 0. The molecule has 2 aliphatic rings. The number of ether oxygens (including phenoxy) is 2. The summed E-state index contributed by atoms with van der Waals surface area (Å²) in [6.07, 6.45) is 0.884. The van der Waals surface area contributed by atoms with E-state index in [0.29, 0.717) is 49.8 Å². The third-order valence-corrected chi connectivity index (χ3v) is 5.69. The molecule has 0 bridgehead atoms. The zero-order valence-corrected chi connectivity index (χ0v) is 17.5. The molecule has 0 saturated carbocycles. The monoisotopic (exact) mass is 408 g/mol. The van der Waals surface area contributed by atoms with Crippen molar-refractivity contribution in [3.8, 4) is 5.75 Å². The number of para-hydroxylation sites is 1. The van der Waals surface area contributed by atoms with E-state index >= 15 is 0 Å². The predicted molar refractivity (Wildman–Crippen MR) is 107 cm³/mol. The molecule has 0 spiro atoms. The van der Waals surface area contributed by atoms with Gasteiger partial charge in [-0.1, -0.05) is 23.7 Å². The van der Waals surface area contributed by atoms with Crippen LogP contribution in [-0.4, -0.2) is 66.1 Å². The molecule has 6 nitrogen and oxygen atoms in total. The summed E-state index contributed by atoms with van der Waals surface area (Å²) < 4.78 is 11.5. The van der Waals surface area contributed by atoms with E-state index in [0.717, 1.165) is 0 Å². The van der Waals surface area contributed by atoms with Crippen LogP contribution in [0.15, 0.2) is 24.3 Å². The van der Waals surface area contributed by atoms with Crippen LogP contribution in [0.3, 0.4) is 0 Å². The molecule has 2 heterocycles. The molecule has 3 rings (SSSR count). The molecule has 0 radical (unpaired) electrons. The number of halogens is 1. The molecular formula is C21H29ClN2O4. The number of rotatable bonds is 4. The maximum atomic E-state index is 12.9. The van der Waals surface area contributed by atoms with Crippen molar-refractivity contribution in [2.45, 2.75) is 51.9 Å². The Balaban J connectivity index is 1.51. The van der Waals surface area contributed by atoms with Crippen LogP contribution in [0.5, 0.6) is 5.75 Å². The molecule has 154 valence electrons. The largest absolute Gasteiger partial charge is 0.479 e. The number of hydrogen-bond acceptors (Lipinski definition) is 4. The minimum Gasteiger partial charge on any atom is -0.479 e. The van der Waals surface area contributed by atoms with E-state index in [9.17, 15) is 9.59 Å². The first-order chi connectivity index (χ1) is 13.3. The van der Waals surface area contributed by atoms with Crippen LogP contribution >= 0.6 is 11.6 Å². The highest BCUT2D eigenvalue weighted by Gasteiger charge is 2.34. The summed E-state index contributed by atoms with van der Waals surface area (Å²) in [5.74, 6) is 0.598. The molecule has 28 heavy (non-hydrogen) atoms. The van der Waals surface area contributed by atoms with Gasteiger partial charge in [-0.15, -0.1) is 0 Å². The summed E-state index contributed by atoms with van der Waals surface area (Å²) in [4.78, 5) is 29.3. The van der Waals surface area contributed by atoms with Crippen molar-refractivity contribution in [1.82, 2.24) is 9.80 Å². The fraction of sp³-hybridized carbons (Fsp3) is 0.619. The fourth-order valence-corrected chi connectivity index (χ4v) is 4.18. The molecule has 3 unspecified atom stereocenters. The molecule has 3 atom stereocenters. The highest BCUT2D eigenvalue weighted by atomic mass is 35.5. The van der Waals surface area contributed by atoms with Crippen molar-refractivity contribution < 1.29 is 19.1 Å². The minimum absolute atomic E-state index is 0.0265. The summed E-state index contributed by atoms with van der Waals surface area (Å²) in [5.41, 5.74) is 0. The van der Waals surface area contributed by atoms with Crippen LogP contribution in [0.1, 0.15) is 33.6 Å². The molecule has 1 aromatic carbocycles. The lowest BCUT2D eigenvalue weighted by molar-refractivity contribution is -0.151. The second kappa shape index (κ2) is 9.14. The second-order valence-corrected chi connectivity index (χ2v) is 8.20. The smallest absolute Gasteiger partial charge is 0.263 e. The maximum Gasteiger partial charge on any atom is 0.263 e. The van der Waals surface area contributed by atoms with Gasteiger partial charge in [0, 0.05) is 32.1 Å². The first-order valence-corrected chi connectivity index (χ1v) is 10.4. The molecule has 2 saturated heterocycles. The van der Waals surface area contributed by atoms with Gasteiger partial charge in [0.15, 0.2) is 6.10 Å². The van der Waals surface area contributed by atoms with E-state index in [1.54, 1.807) is 24.0 Å². The number of amides is 2. The first-order valence-electron chi connectivity index (χ1n) is 9.99. The maximum absolute atomic E-state index is 12.9. The van der Waals surface area contributed by atoms with E-state index in [4.69, 9.17) is 21.1 Å². The van der Waals surface area contributed by atoms with Crippen LogP contribution in [0.4, 0.5) is 0 Å². The Morgan fingerprint density at radius 1 is 1.11 bits per heavy atom. The van der Waals surface area contributed by atoms with E-state index in [2.05, 4.69) is 0 Å². The first kappa shape index (κ1) is 20.9. The summed E-state index contributed by atoms with van der Waals surface area (Å²) >= 11 is 6.11. The van der Waals surface area contributed by atoms with E-state index in [1.165, 1.54) is 0 Å². The average molecular weight is 409 g/mol. The molecule has 0 N–H and O–H groups in total. The lowest BCUT2D eigenvalue weighted by Crippen LogP contribution is -2.52. The van der Waals surface area contributed by atoms with Gasteiger partial charge in [0.2, 0.25) is 5.91 Å². The lowest BCUT2D eigenvalue weighted by Gasteiger charge is -2.39. The number of carbonyl (C=O) groups excluding carboxylic acids is 2. The normalized spacial score (nSPS) is 24.7. The summed E-state index contributed by atoms with van der Waals surface area (Å²) in [5, 5.41) is 0.487. The quantitative estimate of drug-likeness (QED) is 0.768. The fourth-order valence-electron chi connectivity index (χ4n) is 4.00. The van der Waals surface area contributed by atoms with Gasteiger partial charge in [0.05, 0.1) is 17.2 Å². The van der Waals surface area contributed by atoms with Crippen LogP contribution in [0.2, 0.25) is 5.02 Å². The van der Waals surface area contributed by atoms with Crippen molar-refractivity contribution in [2.24, 2.45) is 5.92 Å². The Hall–Kier alpha value is -1.79. The SMILES string of the molecule is CC1CN(C(=O)C2CCN(C(=O)C(C)Oc3ccccc3Cl)CC2)CC(C)O1. The van der Waals surface area contributed by atoms with E-state index in [1.807, 2.05) is 30.9 Å². The van der Waals surface area contributed by atoms with Gasteiger partial charge in [0.25, 0.3) is 5.91 Å². The highest BCUT2D eigenvalue weighted by molar-refractivity contribution is 6.32. The van der Waals surface area contributed by atoms with Crippen molar-refractivity contribution in [3.05, 3.63) is 29.3 Å². The summed E-state index contributed by atoms with van der Waals surface area (Å²) in [6, 6.07) is 7.13. The number of likely N-dealkylation sites (tertiary alicyclic amines) is 1. The minimum atomic E-state index is -0.618. The van der Waals surface area contributed by atoms with Crippen LogP contribution in [-0.2, 0) is 14.3 Å². The van der Waals surface area contributed by atoms with Crippen LogP contribution in [0, 0.1) is 5.92 Å². The molecule has 2 amide bonds. The van der Waals surface area contributed by atoms with Gasteiger partial charge in [-0.2, -0.15) is 0 Å². The van der Waals surface area contributed by atoms with E-state index < -0.39 is 6.10 Å². The predicted octanol–water partition coefficient (Wildman–Crippen LogP) is 2.98. The standard InChI is InChI=1S/C21H29ClN2O4/c1-14-12-24(13-15(2)27-14)21(26)17-8-10-23(11-9-17)20(25)16(3)28-19-7-5-4-6-18(19)22/h4-7,14-17H,8-13H2,1-3H3. The number of nitrogens with zero attached hydrogens (tertiary/aromatic N) is 2. The number of morpholine rings is 1. The van der Waals surface area contributed by atoms with Crippen molar-refractivity contribution in [3.63, 3.8) is 0 Å². The van der Waals surface area contributed by atoms with E-state index in [-0.39, 0.29) is 29.9 Å². The lowest BCUT2D eigenvalue weighted by atomic mass is 9.94. The van der Waals surface area contributed by atoms with Crippen molar-refractivity contribution >= 4 is 23.4 Å². The van der Waals surface area contributed by atoms with Crippen LogP contribution in [0.25, 0.3) is 0 Å². The number of benzene rings is 1. The number of carbonyl (C=O) groups is 2. The van der Waals surface area contributed by atoms with Gasteiger partial charge in [-0.3, -0.25) is 9.59 Å². The van der Waals surface area contributed by atoms with Crippen molar-refractivity contribution in [1.29, 1.82) is 0 Å². The Morgan fingerprint density at radius 3 is 2.32 bits per heavy atom. The average Bonchev–Trinajstić information content (AvgIpc) is 2.68. The topological polar surface area (TPSA) is 59.1 Å². The van der Waals surface area contributed by atoms with Crippen molar-refractivity contribution in [2.75, 3.05) is 26.2 Å². The van der Waals surface area contributed by atoms with Gasteiger partial charge in [-0.25, -0.2) is 0 Å². The number of hydrogen-bond donors (Lipinski definition) is 0. The zero-order chi connectivity index (χ0) is 20.3. The molecule has 2 aliphatic heterocycles. The Kier molecular flexibility index (Phi) is 6.83. The van der Waals surface area contributed by atoms with Gasteiger partial charge < -0.3 is 19.3 Å². The van der Waals surface area contributed by atoms with Crippen LogP contribution < -0.4 is 4.74 Å². The third-order valence-electron chi connectivity index (χ3n) is 5.38. The zero-order valence-electron chi connectivity index (χ0n) is 16.8. The molecule has 0 aromatic heterocycles. The van der Waals surface area contributed by atoms with Gasteiger partial charge in [-0.05, 0) is 45.7 Å². The van der Waals surface area contributed by atoms with Gasteiger partial charge in [0.1, 0.15) is 5.75 Å².